The molecule has 1 fully saturated rings. The van der Waals surface area contributed by atoms with E-state index in [9.17, 15) is 9.90 Å². The molecule has 1 aromatic carbocycles. The van der Waals surface area contributed by atoms with Gasteiger partial charge in [-0.2, -0.15) is 0 Å². The standard InChI is InChI=1S/C13H15NO4/c1-14-5-9(10(6-14)13(15)16)8-2-3-11-12(4-8)18-7-17-11/h2-4,9-10H,5-7H2,1H3,(H,15,16)/t9-,10-/m0/s1. The maximum absolute atomic E-state index is 11.3. The summed E-state index contributed by atoms with van der Waals surface area (Å²) in [5, 5.41) is 9.27. The summed E-state index contributed by atoms with van der Waals surface area (Å²) in [5.41, 5.74) is 1.01. The van der Waals surface area contributed by atoms with E-state index in [1.54, 1.807) is 0 Å². The van der Waals surface area contributed by atoms with Crippen molar-refractivity contribution in [2.45, 2.75) is 5.92 Å². The quantitative estimate of drug-likeness (QED) is 0.852. The first-order valence-electron chi connectivity index (χ1n) is 5.96. The van der Waals surface area contributed by atoms with Crippen LogP contribution in [0, 0.1) is 5.92 Å². The largest absolute Gasteiger partial charge is 0.481 e. The van der Waals surface area contributed by atoms with E-state index < -0.39 is 5.97 Å². The van der Waals surface area contributed by atoms with Crippen LogP contribution in [0.2, 0.25) is 0 Å². The molecule has 1 saturated heterocycles. The molecule has 2 heterocycles. The third-order valence-electron chi connectivity index (χ3n) is 3.64. The van der Waals surface area contributed by atoms with Crippen LogP contribution in [0.5, 0.6) is 11.5 Å². The Labute approximate surface area is 105 Å². The molecule has 96 valence electrons. The highest BCUT2D eigenvalue weighted by atomic mass is 16.7. The summed E-state index contributed by atoms with van der Waals surface area (Å²) < 4.78 is 10.6. The molecule has 0 radical (unpaired) electrons. The fourth-order valence-electron chi connectivity index (χ4n) is 2.73. The van der Waals surface area contributed by atoms with Gasteiger partial charge in [0.15, 0.2) is 11.5 Å². The van der Waals surface area contributed by atoms with E-state index in [1.165, 1.54) is 0 Å². The lowest BCUT2D eigenvalue weighted by atomic mass is 9.89. The minimum atomic E-state index is -0.734. The van der Waals surface area contributed by atoms with Crippen LogP contribution in [0.4, 0.5) is 0 Å². The second kappa shape index (κ2) is 4.17. The molecule has 0 spiro atoms. The van der Waals surface area contributed by atoms with Crippen LogP contribution < -0.4 is 9.47 Å². The number of hydrogen-bond acceptors (Lipinski definition) is 4. The van der Waals surface area contributed by atoms with E-state index in [2.05, 4.69) is 0 Å². The molecule has 0 unspecified atom stereocenters. The Balaban J connectivity index is 1.91. The summed E-state index contributed by atoms with van der Waals surface area (Å²) in [6.45, 7) is 1.59. The van der Waals surface area contributed by atoms with Crippen molar-refractivity contribution in [2.24, 2.45) is 5.92 Å². The molecule has 2 aliphatic heterocycles. The van der Waals surface area contributed by atoms with E-state index in [4.69, 9.17) is 9.47 Å². The first kappa shape index (κ1) is 11.3. The Morgan fingerprint density at radius 3 is 2.89 bits per heavy atom. The molecule has 3 rings (SSSR count). The number of carboxylic acid groups (broad SMARTS) is 1. The summed E-state index contributed by atoms with van der Waals surface area (Å²) in [6.07, 6.45) is 0. The Morgan fingerprint density at radius 2 is 2.11 bits per heavy atom. The van der Waals surface area contributed by atoms with Gasteiger partial charge in [-0.25, -0.2) is 0 Å². The van der Waals surface area contributed by atoms with E-state index in [-0.39, 0.29) is 18.6 Å². The average Bonchev–Trinajstić information content (AvgIpc) is 2.93. The van der Waals surface area contributed by atoms with Crippen LogP contribution in [0.25, 0.3) is 0 Å². The van der Waals surface area contributed by atoms with Crippen LogP contribution in [0.15, 0.2) is 18.2 Å². The number of benzene rings is 1. The highest BCUT2D eigenvalue weighted by Crippen LogP contribution is 2.38. The Bertz CT molecular complexity index is 488. The molecular weight excluding hydrogens is 234 g/mol. The number of carboxylic acids is 1. The van der Waals surface area contributed by atoms with Gasteiger partial charge in [0.25, 0.3) is 0 Å². The number of likely N-dealkylation sites (N-methyl/N-ethyl adjacent to an activating group) is 1. The second-order valence-electron chi connectivity index (χ2n) is 4.89. The van der Waals surface area contributed by atoms with Gasteiger partial charge < -0.3 is 19.5 Å². The molecule has 0 aromatic heterocycles. The van der Waals surface area contributed by atoms with Crippen molar-refractivity contribution in [3.8, 4) is 11.5 Å². The smallest absolute Gasteiger partial charge is 0.308 e. The third-order valence-corrected chi connectivity index (χ3v) is 3.64. The number of likely N-dealkylation sites (tertiary alicyclic amines) is 1. The van der Waals surface area contributed by atoms with Gasteiger partial charge in [0.2, 0.25) is 6.79 Å². The number of carbonyl (C=O) groups is 1. The number of nitrogens with zero attached hydrogens (tertiary/aromatic N) is 1. The van der Waals surface area contributed by atoms with Gasteiger partial charge in [0.05, 0.1) is 5.92 Å². The van der Waals surface area contributed by atoms with Gasteiger partial charge in [-0.05, 0) is 24.7 Å². The zero-order valence-corrected chi connectivity index (χ0v) is 10.1. The second-order valence-corrected chi connectivity index (χ2v) is 4.89. The van der Waals surface area contributed by atoms with Gasteiger partial charge in [0, 0.05) is 19.0 Å². The molecule has 5 heteroatoms. The summed E-state index contributed by atoms with van der Waals surface area (Å²) in [5.74, 6) is 0.377. The maximum Gasteiger partial charge on any atom is 0.308 e. The van der Waals surface area contributed by atoms with Crippen LogP contribution >= 0.6 is 0 Å². The van der Waals surface area contributed by atoms with Crippen molar-refractivity contribution < 1.29 is 19.4 Å². The van der Waals surface area contributed by atoms with Crippen molar-refractivity contribution in [1.29, 1.82) is 0 Å². The Hall–Kier alpha value is -1.75. The highest BCUT2D eigenvalue weighted by molar-refractivity contribution is 5.72. The molecule has 0 bridgehead atoms. The van der Waals surface area contributed by atoms with E-state index in [0.29, 0.717) is 12.3 Å². The lowest BCUT2D eigenvalue weighted by Gasteiger charge is -2.15. The van der Waals surface area contributed by atoms with Crippen molar-refractivity contribution in [3.63, 3.8) is 0 Å². The molecule has 1 aromatic rings. The Kier molecular flexibility index (Phi) is 2.63. The minimum Gasteiger partial charge on any atom is -0.481 e. The predicted octanol–water partition coefficient (Wildman–Crippen LogP) is 1.15. The molecule has 0 amide bonds. The van der Waals surface area contributed by atoms with E-state index in [0.717, 1.165) is 17.9 Å². The topological polar surface area (TPSA) is 59.0 Å². The first-order chi connectivity index (χ1) is 8.65. The van der Waals surface area contributed by atoms with Crippen molar-refractivity contribution in [3.05, 3.63) is 23.8 Å². The summed E-state index contributed by atoms with van der Waals surface area (Å²) in [7, 11) is 1.95. The van der Waals surface area contributed by atoms with Crippen molar-refractivity contribution in [1.82, 2.24) is 4.90 Å². The molecule has 5 nitrogen and oxygen atoms in total. The molecule has 1 N–H and O–H groups in total. The maximum atomic E-state index is 11.3. The number of aliphatic carboxylic acids is 1. The van der Waals surface area contributed by atoms with Gasteiger partial charge in [-0.1, -0.05) is 6.07 Å². The molecule has 0 aliphatic carbocycles. The summed E-state index contributed by atoms with van der Waals surface area (Å²) in [6, 6.07) is 5.70. The van der Waals surface area contributed by atoms with E-state index >= 15 is 0 Å². The van der Waals surface area contributed by atoms with Crippen molar-refractivity contribution in [2.75, 3.05) is 26.9 Å². The zero-order valence-electron chi connectivity index (χ0n) is 10.1. The van der Waals surface area contributed by atoms with Crippen LogP contribution in [-0.2, 0) is 4.79 Å². The van der Waals surface area contributed by atoms with Gasteiger partial charge in [0.1, 0.15) is 0 Å². The minimum absolute atomic E-state index is 0.0157. The van der Waals surface area contributed by atoms with Gasteiger partial charge >= 0.3 is 5.97 Å². The average molecular weight is 249 g/mol. The van der Waals surface area contributed by atoms with Gasteiger partial charge in [-0.15, -0.1) is 0 Å². The fraction of sp³-hybridized carbons (Fsp3) is 0.462. The van der Waals surface area contributed by atoms with Gasteiger partial charge in [-0.3, -0.25) is 4.79 Å². The lowest BCUT2D eigenvalue weighted by Crippen LogP contribution is -2.21. The van der Waals surface area contributed by atoms with E-state index in [1.807, 2.05) is 30.1 Å². The molecular formula is C13H15NO4. The van der Waals surface area contributed by atoms with Crippen LogP contribution in [0.3, 0.4) is 0 Å². The monoisotopic (exact) mass is 249 g/mol. The summed E-state index contributed by atoms with van der Waals surface area (Å²) >= 11 is 0. The number of hydrogen-bond donors (Lipinski definition) is 1. The third kappa shape index (κ3) is 1.80. The number of rotatable bonds is 2. The molecule has 0 saturated carbocycles. The normalized spacial score (nSPS) is 26.5. The number of ether oxygens (including phenoxy) is 2. The van der Waals surface area contributed by atoms with Crippen LogP contribution in [0.1, 0.15) is 11.5 Å². The Morgan fingerprint density at radius 1 is 1.33 bits per heavy atom. The SMILES string of the molecule is CN1C[C@H](C(=O)O)[C@H](c2ccc3c(c2)OCO3)C1. The predicted molar refractivity (Wildman–Crippen MR) is 63.9 cm³/mol. The van der Waals surface area contributed by atoms with Crippen molar-refractivity contribution >= 4 is 5.97 Å². The number of fused-ring (bicyclic) bond motifs is 1. The fourth-order valence-corrected chi connectivity index (χ4v) is 2.73. The first-order valence-corrected chi connectivity index (χ1v) is 5.96. The highest BCUT2D eigenvalue weighted by Gasteiger charge is 2.37. The molecule has 18 heavy (non-hydrogen) atoms. The van der Waals surface area contributed by atoms with Crippen LogP contribution in [-0.4, -0.2) is 42.9 Å². The molecule has 2 aliphatic rings. The summed E-state index contributed by atoms with van der Waals surface area (Å²) in [4.78, 5) is 13.3. The lowest BCUT2D eigenvalue weighted by molar-refractivity contribution is -0.141. The molecule has 2 atom stereocenters. The zero-order chi connectivity index (χ0) is 12.7.